The summed E-state index contributed by atoms with van der Waals surface area (Å²) in [4.78, 5) is 41.0. The van der Waals surface area contributed by atoms with Crippen molar-refractivity contribution >= 4 is 22.4 Å². The Kier molecular flexibility index (Phi) is 6.83. The molecule has 0 saturated carbocycles. The van der Waals surface area contributed by atoms with Gasteiger partial charge in [0.25, 0.3) is 11.1 Å². The number of hydrogen-bond acceptors (Lipinski definition) is 4. The Labute approximate surface area is 220 Å². The number of nitrogens with one attached hydrogen (secondary N) is 1. The van der Waals surface area contributed by atoms with Gasteiger partial charge in [-0.25, -0.2) is 13.9 Å². The van der Waals surface area contributed by atoms with E-state index in [2.05, 4.69) is 31.3 Å². The zero-order valence-corrected chi connectivity index (χ0v) is 21.7. The van der Waals surface area contributed by atoms with E-state index in [9.17, 15) is 14.4 Å². The minimum atomic E-state index is -0.554. The molecule has 7 heteroatoms. The number of benzene rings is 3. The number of hydrogen-bond donors (Lipinski definition) is 1. The van der Waals surface area contributed by atoms with Crippen molar-refractivity contribution < 1.29 is 0 Å². The number of aryl methyl sites for hydroxylation is 1. The summed E-state index contributed by atoms with van der Waals surface area (Å²) >= 11 is 0. The highest BCUT2D eigenvalue weighted by Crippen LogP contribution is 2.27. The predicted molar refractivity (Wildman–Crippen MR) is 153 cm³/mol. The van der Waals surface area contributed by atoms with Crippen LogP contribution in [0.2, 0.25) is 0 Å². The van der Waals surface area contributed by atoms with Crippen molar-refractivity contribution in [3.05, 3.63) is 128 Å². The van der Waals surface area contributed by atoms with Crippen LogP contribution < -0.4 is 22.1 Å². The maximum atomic E-state index is 14.0. The van der Waals surface area contributed by atoms with Crippen LogP contribution in [0.5, 0.6) is 0 Å². The average molecular weight is 507 g/mol. The molecule has 0 bridgehead atoms. The van der Waals surface area contributed by atoms with Crippen LogP contribution in [0.25, 0.3) is 22.4 Å². The molecule has 3 aromatic carbocycles. The lowest BCUT2D eigenvalue weighted by Gasteiger charge is -2.19. The van der Waals surface area contributed by atoms with Crippen molar-refractivity contribution in [3.8, 4) is 11.4 Å². The molecule has 7 nitrogen and oxygen atoms in total. The van der Waals surface area contributed by atoms with Crippen molar-refractivity contribution in [2.75, 3.05) is 5.32 Å². The number of anilines is 2. The second-order valence-corrected chi connectivity index (χ2v) is 9.34. The Morgan fingerprint density at radius 3 is 1.84 bits per heavy atom. The van der Waals surface area contributed by atoms with E-state index in [-0.39, 0.29) is 16.6 Å². The first-order chi connectivity index (χ1) is 18.4. The summed E-state index contributed by atoms with van der Waals surface area (Å²) < 4.78 is 3.93. The van der Waals surface area contributed by atoms with Gasteiger partial charge >= 0.3 is 5.69 Å². The summed E-state index contributed by atoms with van der Waals surface area (Å²) in [6.07, 6.45) is 2.11. The molecule has 0 atom stereocenters. The highest BCUT2D eigenvalue weighted by Gasteiger charge is 2.21. The van der Waals surface area contributed by atoms with Crippen LogP contribution in [0, 0.1) is 0 Å². The van der Waals surface area contributed by atoms with Crippen molar-refractivity contribution in [1.29, 1.82) is 0 Å². The third kappa shape index (κ3) is 4.36. The Bertz CT molecular complexity index is 1760. The van der Waals surface area contributed by atoms with Crippen molar-refractivity contribution in [1.82, 2.24) is 13.7 Å². The van der Waals surface area contributed by atoms with Gasteiger partial charge in [0.2, 0.25) is 0 Å². The number of aromatic nitrogens is 3. The van der Waals surface area contributed by atoms with Gasteiger partial charge in [0.15, 0.2) is 0 Å². The Morgan fingerprint density at radius 2 is 1.29 bits per heavy atom. The highest BCUT2D eigenvalue weighted by atomic mass is 16.2. The predicted octanol–water partition coefficient (Wildman–Crippen LogP) is 5.49. The molecular weight excluding hydrogens is 476 g/mol. The van der Waals surface area contributed by atoms with Crippen molar-refractivity contribution in [2.45, 2.75) is 32.6 Å². The molecule has 192 valence electrons. The van der Waals surface area contributed by atoms with E-state index >= 15 is 0 Å². The molecule has 5 rings (SSSR count). The van der Waals surface area contributed by atoms with Crippen LogP contribution in [-0.4, -0.2) is 13.7 Å². The summed E-state index contributed by atoms with van der Waals surface area (Å²) in [7, 11) is 1.57. The number of nitrogens with zero attached hydrogens (tertiary/aromatic N) is 3. The zero-order valence-electron chi connectivity index (χ0n) is 21.7. The van der Waals surface area contributed by atoms with Crippen LogP contribution in [0.1, 0.15) is 38.2 Å². The number of para-hydroxylation sites is 2. The van der Waals surface area contributed by atoms with Crippen molar-refractivity contribution in [2.24, 2.45) is 7.05 Å². The number of rotatable bonds is 7. The summed E-state index contributed by atoms with van der Waals surface area (Å²) in [6, 6.07) is 27.3. The summed E-state index contributed by atoms with van der Waals surface area (Å²) in [6.45, 7) is 4.35. The fourth-order valence-corrected chi connectivity index (χ4v) is 5.01. The molecule has 0 spiro atoms. The van der Waals surface area contributed by atoms with Gasteiger partial charge in [0, 0.05) is 18.8 Å². The third-order valence-electron chi connectivity index (χ3n) is 7.10. The smallest absolute Gasteiger partial charge is 0.341 e. The standard InChI is InChI=1S/C31H30N4O3/c1-4-21(5-2)22-16-18-23(19-17-22)32-26-20-27(36)33(3)29-28(26)30(37)35(25-14-10-7-11-15-25)31(38)34(29)24-12-8-6-9-13-24/h6-21,32H,4-5H2,1-3H3. The van der Waals surface area contributed by atoms with Crippen LogP contribution in [-0.2, 0) is 7.05 Å². The molecule has 0 radical (unpaired) electrons. The summed E-state index contributed by atoms with van der Waals surface area (Å²) in [5, 5.41) is 3.53. The lowest BCUT2D eigenvalue weighted by Crippen LogP contribution is -2.40. The highest BCUT2D eigenvalue weighted by molar-refractivity contribution is 5.91. The van der Waals surface area contributed by atoms with E-state index in [0.29, 0.717) is 23.0 Å². The quantitative estimate of drug-likeness (QED) is 0.317. The molecule has 0 fully saturated rings. The van der Waals surface area contributed by atoms with Crippen LogP contribution in [0.4, 0.5) is 11.4 Å². The van der Waals surface area contributed by atoms with Gasteiger partial charge in [0.05, 0.1) is 17.1 Å². The largest absolute Gasteiger partial charge is 0.355 e. The molecule has 0 unspecified atom stereocenters. The monoisotopic (exact) mass is 506 g/mol. The lowest BCUT2D eigenvalue weighted by molar-refractivity contribution is 0.642. The topological polar surface area (TPSA) is 78.0 Å². The van der Waals surface area contributed by atoms with E-state index in [1.807, 2.05) is 36.4 Å². The van der Waals surface area contributed by atoms with Crippen LogP contribution in [0.15, 0.2) is 105 Å². The second-order valence-electron chi connectivity index (χ2n) is 9.34. The molecule has 0 aliphatic carbocycles. The van der Waals surface area contributed by atoms with Gasteiger partial charge in [-0.2, -0.15) is 0 Å². The fraction of sp³-hybridized carbons (Fsp3) is 0.194. The lowest BCUT2D eigenvalue weighted by atomic mass is 9.94. The maximum Gasteiger partial charge on any atom is 0.341 e. The first-order valence-corrected chi connectivity index (χ1v) is 12.8. The molecule has 0 aliphatic heterocycles. The molecule has 5 aromatic rings. The van der Waals surface area contributed by atoms with E-state index in [0.717, 1.165) is 23.1 Å². The SMILES string of the molecule is CCC(CC)c1ccc(Nc2cc(=O)n(C)c3c2c(=O)n(-c2ccccc2)c(=O)n3-c2ccccc2)cc1. The third-order valence-corrected chi connectivity index (χ3v) is 7.10. The zero-order chi connectivity index (χ0) is 26.8. The van der Waals surface area contributed by atoms with Gasteiger partial charge in [-0.05, 0) is 60.7 Å². The molecule has 0 aliphatic rings. The second kappa shape index (κ2) is 10.4. The molecule has 38 heavy (non-hydrogen) atoms. The van der Waals surface area contributed by atoms with E-state index in [1.165, 1.54) is 20.8 Å². The van der Waals surface area contributed by atoms with Gasteiger partial charge < -0.3 is 5.32 Å². The first-order valence-electron chi connectivity index (χ1n) is 12.8. The number of fused-ring (bicyclic) bond motifs is 1. The van der Waals surface area contributed by atoms with Crippen molar-refractivity contribution in [3.63, 3.8) is 0 Å². The first kappa shape index (κ1) is 25.0. The Morgan fingerprint density at radius 1 is 0.737 bits per heavy atom. The van der Waals surface area contributed by atoms with E-state index in [4.69, 9.17) is 0 Å². The molecule has 2 aromatic heterocycles. The van der Waals surface area contributed by atoms with Gasteiger partial charge in [-0.15, -0.1) is 0 Å². The minimum absolute atomic E-state index is 0.224. The Hall–Kier alpha value is -4.65. The van der Waals surface area contributed by atoms with Crippen LogP contribution in [0.3, 0.4) is 0 Å². The van der Waals surface area contributed by atoms with E-state index < -0.39 is 11.2 Å². The maximum absolute atomic E-state index is 14.0. The Balaban J connectivity index is 1.81. The summed E-state index contributed by atoms with van der Waals surface area (Å²) in [5.74, 6) is 0.479. The average Bonchev–Trinajstić information content (AvgIpc) is 2.94. The summed E-state index contributed by atoms with van der Waals surface area (Å²) in [5.41, 5.74) is 2.17. The fourth-order valence-electron chi connectivity index (χ4n) is 5.01. The van der Waals surface area contributed by atoms with Crippen LogP contribution >= 0.6 is 0 Å². The van der Waals surface area contributed by atoms with E-state index in [1.54, 1.807) is 43.4 Å². The molecule has 1 N–H and O–H groups in total. The minimum Gasteiger partial charge on any atom is -0.355 e. The molecule has 0 amide bonds. The van der Waals surface area contributed by atoms with Gasteiger partial charge in [-0.1, -0.05) is 62.4 Å². The van der Waals surface area contributed by atoms with Gasteiger partial charge in [0.1, 0.15) is 11.0 Å². The molecule has 0 saturated heterocycles. The molecule has 2 heterocycles. The number of pyridine rings is 1. The normalized spacial score (nSPS) is 11.3. The van der Waals surface area contributed by atoms with Gasteiger partial charge in [-0.3, -0.25) is 14.2 Å². The molecular formula is C31H30N4O3.